The maximum atomic E-state index is 4.92. The summed E-state index contributed by atoms with van der Waals surface area (Å²) in [6.45, 7) is 3.97. The predicted octanol–water partition coefficient (Wildman–Crippen LogP) is 0.653. The van der Waals surface area contributed by atoms with Crippen molar-refractivity contribution >= 4 is 0 Å². The second-order valence-corrected chi connectivity index (χ2v) is 1.32. The van der Waals surface area contributed by atoms with Crippen LogP contribution >= 0.6 is 0 Å². The molecular formula is C4H9N. The molecule has 0 unspecified atom stereocenters. The van der Waals surface area contributed by atoms with Gasteiger partial charge in [-0.15, -0.1) is 0 Å². The van der Waals surface area contributed by atoms with Crippen LogP contribution in [0, 0.1) is 7.05 Å². The molecule has 0 aromatic rings. The first-order valence-electron chi connectivity index (χ1n) is 1.73. The van der Waals surface area contributed by atoms with Crippen LogP contribution in [-0.2, 0) is 0 Å². The van der Waals surface area contributed by atoms with E-state index >= 15 is 0 Å². The van der Waals surface area contributed by atoms with E-state index in [1.807, 2.05) is 13.8 Å². The van der Waals surface area contributed by atoms with Crippen molar-refractivity contribution in [3.8, 4) is 0 Å². The summed E-state index contributed by atoms with van der Waals surface area (Å²) in [4.78, 5) is 0. The number of rotatable bonds is 1. The van der Waals surface area contributed by atoms with Crippen molar-refractivity contribution in [2.75, 3.05) is 0 Å². The van der Waals surface area contributed by atoms with Gasteiger partial charge in [-0.25, -0.2) is 0 Å². The zero-order chi connectivity index (χ0) is 4.28. The molecule has 0 saturated carbocycles. The predicted molar refractivity (Wildman–Crippen MR) is 22.6 cm³/mol. The lowest BCUT2D eigenvalue weighted by atomic mass is 10.4. The minimum Gasteiger partial charge on any atom is -0.309 e. The largest absolute Gasteiger partial charge is 0.309 e. The van der Waals surface area contributed by atoms with E-state index in [2.05, 4.69) is 5.32 Å². The second-order valence-electron chi connectivity index (χ2n) is 1.32. The van der Waals surface area contributed by atoms with Gasteiger partial charge >= 0.3 is 0 Å². The maximum absolute atomic E-state index is 4.92. The molecular weight excluding hydrogens is 62.1 g/mol. The molecule has 1 nitrogen and oxygen atoms in total. The third kappa shape index (κ3) is 3.96. The molecule has 0 bridgehead atoms. The molecule has 1 N–H and O–H groups in total. The van der Waals surface area contributed by atoms with Crippen LogP contribution in [0.1, 0.15) is 13.8 Å². The standard InChI is InChI=1S/C4H9N/c1-4(2)5-3/h3-5H,1-2H3. The molecule has 0 aliphatic heterocycles. The molecule has 0 fully saturated rings. The van der Waals surface area contributed by atoms with E-state index in [-0.39, 0.29) is 0 Å². The Morgan fingerprint density at radius 3 is 1.80 bits per heavy atom. The van der Waals surface area contributed by atoms with Crippen LogP contribution in [0.3, 0.4) is 0 Å². The summed E-state index contributed by atoms with van der Waals surface area (Å²) in [5.74, 6) is 0. The summed E-state index contributed by atoms with van der Waals surface area (Å²) in [6, 6.07) is 0.412. The van der Waals surface area contributed by atoms with Gasteiger partial charge in [0.15, 0.2) is 0 Å². The van der Waals surface area contributed by atoms with Gasteiger partial charge in [-0.05, 0) is 0 Å². The zero-order valence-corrected chi connectivity index (χ0v) is 3.65. The summed E-state index contributed by atoms with van der Waals surface area (Å²) in [5, 5.41) is 2.53. The quantitative estimate of drug-likeness (QED) is 0.448. The van der Waals surface area contributed by atoms with Gasteiger partial charge in [-0.2, -0.15) is 0 Å². The average Bonchev–Trinajstić information content (AvgIpc) is 1.38. The van der Waals surface area contributed by atoms with Crippen LogP contribution in [-0.4, -0.2) is 6.04 Å². The van der Waals surface area contributed by atoms with Crippen molar-refractivity contribution in [1.82, 2.24) is 5.32 Å². The summed E-state index contributed by atoms with van der Waals surface area (Å²) in [6.07, 6.45) is 0. The molecule has 0 aliphatic carbocycles. The number of hydrogen-bond donors (Lipinski definition) is 1. The molecule has 0 aromatic heterocycles. The Balaban J connectivity index is 2.54. The molecule has 0 spiro atoms. The maximum Gasteiger partial charge on any atom is 0.0409 e. The Bertz CT molecular complexity index is 17.6. The van der Waals surface area contributed by atoms with E-state index in [0.29, 0.717) is 6.04 Å². The van der Waals surface area contributed by atoms with Gasteiger partial charge in [0.2, 0.25) is 0 Å². The zero-order valence-electron chi connectivity index (χ0n) is 3.65. The molecule has 1 heteroatoms. The van der Waals surface area contributed by atoms with Gasteiger partial charge in [-0.3, -0.25) is 0 Å². The van der Waals surface area contributed by atoms with Gasteiger partial charge in [0, 0.05) is 13.1 Å². The summed E-state index contributed by atoms with van der Waals surface area (Å²) in [5.41, 5.74) is 0. The highest BCUT2D eigenvalue weighted by Gasteiger charge is 1.77. The number of hydrogen-bond acceptors (Lipinski definition) is 1. The molecule has 0 atom stereocenters. The minimum atomic E-state index is 0.412. The molecule has 0 aromatic carbocycles. The summed E-state index contributed by atoms with van der Waals surface area (Å²) < 4.78 is 0. The fraction of sp³-hybridized carbons (Fsp3) is 0.750. The third-order valence-corrected chi connectivity index (χ3v) is 0.333. The fourth-order valence-electron chi connectivity index (χ4n) is 0. The van der Waals surface area contributed by atoms with Crippen molar-refractivity contribution in [3.63, 3.8) is 0 Å². The molecule has 2 radical (unpaired) electrons. The first-order chi connectivity index (χ1) is 2.27. The summed E-state index contributed by atoms with van der Waals surface area (Å²) in [7, 11) is 4.92. The Labute approximate surface area is 33.4 Å². The van der Waals surface area contributed by atoms with Crippen LogP contribution in [0.5, 0.6) is 0 Å². The average molecular weight is 71.1 g/mol. The van der Waals surface area contributed by atoms with Crippen molar-refractivity contribution < 1.29 is 0 Å². The van der Waals surface area contributed by atoms with Crippen molar-refractivity contribution in [2.24, 2.45) is 0 Å². The van der Waals surface area contributed by atoms with Gasteiger partial charge in [0.25, 0.3) is 0 Å². The third-order valence-electron chi connectivity index (χ3n) is 0.333. The normalized spacial score (nSPS) is 9.60. The van der Waals surface area contributed by atoms with E-state index < -0.39 is 0 Å². The molecule has 5 heavy (non-hydrogen) atoms. The van der Waals surface area contributed by atoms with E-state index in [9.17, 15) is 0 Å². The highest BCUT2D eigenvalue weighted by Crippen LogP contribution is 1.67. The molecule has 0 rings (SSSR count). The van der Waals surface area contributed by atoms with Gasteiger partial charge in [0.05, 0.1) is 0 Å². The second kappa shape index (κ2) is 2.21. The van der Waals surface area contributed by atoms with Crippen LogP contribution in [0.15, 0.2) is 0 Å². The SMILES string of the molecule is [CH]NC(C)C. The van der Waals surface area contributed by atoms with Crippen LogP contribution in [0.25, 0.3) is 0 Å². The smallest absolute Gasteiger partial charge is 0.0409 e. The Morgan fingerprint density at radius 1 is 1.60 bits per heavy atom. The first-order valence-corrected chi connectivity index (χ1v) is 1.73. The lowest BCUT2D eigenvalue weighted by Crippen LogP contribution is -2.12. The lowest BCUT2D eigenvalue weighted by Gasteiger charge is -1.94. The Kier molecular flexibility index (Phi) is 2.19. The molecule has 0 heterocycles. The molecule has 0 saturated heterocycles. The highest BCUT2D eigenvalue weighted by molar-refractivity contribution is 4.45. The topological polar surface area (TPSA) is 12.0 Å². The molecule has 0 amide bonds. The van der Waals surface area contributed by atoms with Gasteiger partial charge in [-0.1, -0.05) is 13.8 Å². The molecule has 0 aliphatic rings. The van der Waals surface area contributed by atoms with E-state index in [4.69, 9.17) is 7.05 Å². The fourth-order valence-corrected chi connectivity index (χ4v) is 0. The molecule has 30 valence electrons. The van der Waals surface area contributed by atoms with Crippen molar-refractivity contribution in [3.05, 3.63) is 7.05 Å². The van der Waals surface area contributed by atoms with Crippen molar-refractivity contribution in [1.29, 1.82) is 0 Å². The number of nitrogens with one attached hydrogen (secondary N) is 1. The minimum absolute atomic E-state index is 0.412. The van der Waals surface area contributed by atoms with E-state index in [1.54, 1.807) is 0 Å². The van der Waals surface area contributed by atoms with Gasteiger partial charge in [0.1, 0.15) is 0 Å². The summed E-state index contributed by atoms with van der Waals surface area (Å²) >= 11 is 0. The van der Waals surface area contributed by atoms with Crippen LogP contribution < -0.4 is 5.32 Å². The lowest BCUT2D eigenvalue weighted by molar-refractivity contribution is 0.699. The monoisotopic (exact) mass is 71.1 g/mol. The van der Waals surface area contributed by atoms with Gasteiger partial charge < -0.3 is 5.32 Å². The van der Waals surface area contributed by atoms with Crippen molar-refractivity contribution in [2.45, 2.75) is 19.9 Å². The van der Waals surface area contributed by atoms with Crippen LogP contribution in [0.2, 0.25) is 0 Å². The highest BCUT2D eigenvalue weighted by atomic mass is 14.8. The van der Waals surface area contributed by atoms with E-state index in [0.717, 1.165) is 0 Å². The van der Waals surface area contributed by atoms with Crippen LogP contribution in [0.4, 0.5) is 0 Å². The first kappa shape index (κ1) is 4.96. The Hall–Kier alpha value is -0.0400. The van der Waals surface area contributed by atoms with E-state index in [1.165, 1.54) is 0 Å². The Morgan fingerprint density at radius 2 is 1.80 bits per heavy atom.